The van der Waals surface area contributed by atoms with Crippen LogP contribution in [-0.4, -0.2) is 54.9 Å². The third-order valence-corrected chi connectivity index (χ3v) is 9.00. The van der Waals surface area contributed by atoms with E-state index in [4.69, 9.17) is 4.52 Å². The highest BCUT2D eigenvalue weighted by molar-refractivity contribution is 7.89. The lowest BCUT2D eigenvalue weighted by Crippen LogP contribution is -2.48. The number of carbonyl (C=O) groups excluding carboxylic acids is 1. The second kappa shape index (κ2) is 10.0. The van der Waals surface area contributed by atoms with Gasteiger partial charge in [0.1, 0.15) is 5.69 Å². The van der Waals surface area contributed by atoms with Crippen molar-refractivity contribution in [2.24, 2.45) is 5.92 Å². The molecule has 8 heteroatoms. The van der Waals surface area contributed by atoms with Crippen molar-refractivity contribution < 1.29 is 17.7 Å². The van der Waals surface area contributed by atoms with Crippen molar-refractivity contribution in [3.05, 3.63) is 45.8 Å². The molecule has 184 valence electrons. The Labute approximate surface area is 202 Å². The van der Waals surface area contributed by atoms with E-state index in [1.807, 2.05) is 24.8 Å². The van der Waals surface area contributed by atoms with Gasteiger partial charge in [0.25, 0.3) is 0 Å². The minimum Gasteiger partial charge on any atom is -0.355 e. The molecule has 2 aliphatic heterocycles. The van der Waals surface area contributed by atoms with Gasteiger partial charge in [-0.2, -0.15) is 4.31 Å². The first kappa shape index (κ1) is 24.7. The number of hydrogen-bond acceptors (Lipinski definition) is 5. The molecule has 2 saturated heterocycles. The van der Waals surface area contributed by atoms with E-state index in [0.29, 0.717) is 18.7 Å². The van der Waals surface area contributed by atoms with Crippen LogP contribution in [0.1, 0.15) is 65.8 Å². The molecule has 2 aliphatic rings. The van der Waals surface area contributed by atoms with Gasteiger partial charge in [-0.15, -0.1) is 0 Å². The topological polar surface area (TPSA) is 83.7 Å². The average Bonchev–Trinajstić information content (AvgIpc) is 3.19. The number of sulfonamides is 1. The summed E-state index contributed by atoms with van der Waals surface area (Å²) in [5.74, 6) is 0.0204. The number of aryl methyl sites for hydroxylation is 4. The lowest BCUT2D eigenvalue weighted by atomic mass is 9.97. The number of carbonyl (C=O) groups is 1. The fourth-order valence-electron chi connectivity index (χ4n) is 5.28. The Bertz CT molecular complexity index is 1170. The largest absolute Gasteiger partial charge is 0.355 e. The molecule has 1 aromatic heterocycles. The summed E-state index contributed by atoms with van der Waals surface area (Å²) in [4.78, 5) is 15.1. The van der Waals surface area contributed by atoms with Crippen molar-refractivity contribution in [2.45, 2.75) is 64.7 Å². The number of benzene rings is 1. The first-order chi connectivity index (χ1) is 16.2. The number of amides is 1. The van der Waals surface area contributed by atoms with E-state index in [2.05, 4.69) is 24.2 Å². The Morgan fingerprint density at radius 2 is 1.68 bits per heavy atom. The highest BCUT2D eigenvalue weighted by Crippen LogP contribution is 2.30. The molecule has 34 heavy (non-hydrogen) atoms. The summed E-state index contributed by atoms with van der Waals surface area (Å²) < 4.78 is 34.3. The van der Waals surface area contributed by atoms with E-state index in [1.165, 1.54) is 9.87 Å². The van der Waals surface area contributed by atoms with Gasteiger partial charge in [0.05, 0.1) is 5.92 Å². The average molecular weight is 486 g/mol. The molecule has 0 aliphatic carbocycles. The number of hydrogen-bond donors (Lipinski definition) is 0. The zero-order valence-corrected chi connectivity index (χ0v) is 21.5. The van der Waals surface area contributed by atoms with Crippen molar-refractivity contribution in [3.8, 4) is 0 Å². The minimum atomic E-state index is -3.85. The summed E-state index contributed by atoms with van der Waals surface area (Å²) in [6.07, 6.45) is 8.18. The van der Waals surface area contributed by atoms with Crippen LogP contribution in [0.3, 0.4) is 0 Å². The van der Waals surface area contributed by atoms with Gasteiger partial charge >= 0.3 is 0 Å². The maximum absolute atomic E-state index is 13.7. The Morgan fingerprint density at radius 3 is 2.35 bits per heavy atom. The number of nitrogens with zero attached hydrogens (tertiary/aromatic N) is 3. The molecule has 1 atom stereocenters. The van der Waals surface area contributed by atoms with Crippen molar-refractivity contribution in [1.29, 1.82) is 0 Å². The van der Waals surface area contributed by atoms with E-state index >= 15 is 0 Å². The zero-order chi connectivity index (χ0) is 24.5. The Morgan fingerprint density at radius 1 is 1.00 bits per heavy atom. The van der Waals surface area contributed by atoms with Crippen LogP contribution in [-0.2, 0) is 14.8 Å². The van der Waals surface area contributed by atoms with Gasteiger partial charge in [0, 0.05) is 26.2 Å². The highest BCUT2D eigenvalue weighted by atomic mass is 32.2. The summed E-state index contributed by atoms with van der Waals surface area (Å²) in [7, 11) is -3.85. The van der Waals surface area contributed by atoms with E-state index in [1.54, 1.807) is 13.0 Å². The molecule has 0 bridgehead atoms. The smallest absolute Gasteiger partial charge is 0.248 e. The highest BCUT2D eigenvalue weighted by Gasteiger charge is 2.38. The zero-order valence-electron chi connectivity index (χ0n) is 20.6. The maximum Gasteiger partial charge on any atom is 0.248 e. The summed E-state index contributed by atoms with van der Waals surface area (Å²) in [6.45, 7) is 9.94. The maximum atomic E-state index is 13.7. The van der Waals surface area contributed by atoms with Crippen LogP contribution in [0, 0.1) is 33.6 Å². The molecule has 0 radical (unpaired) electrons. The van der Waals surface area contributed by atoms with Gasteiger partial charge in [-0.05, 0) is 82.6 Å². The molecule has 4 rings (SSSR count). The lowest BCUT2D eigenvalue weighted by Gasteiger charge is -2.35. The van der Waals surface area contributed by atoms with Crippen LogP contribution in [0.4, 0.5) is 0 Å². The summed E-state index contributed by atoms with van der Waals surface area (Å²) >= 11 is 0. The van der Waals surface area contributed by atoms with Crippen molar-refractivity contribution in [2.75, 3.05) is 26.2 Å². The summed E-state index contributed by atoms with van der Waals surface area (Å²) in [5, 5.41) is 3.97. The Hall–Kier alpha value is -2.45. The second-order valence-electron chi connectivity index (χ2n) is 9.70. The minimum absolute atomic E-state index is 0.0899. The molecule has 0 N–H and O–H groups in total. The predicted molar refractivity (Wildman–Crippen MR) is 133 cm³/mol. The third kappa shape index (κ3) is 4.98. The van der Waals surface area contributed by atoms with Crippen LogP contribution in [0.5, 0.6) is 0 Å². The first-order valence-electron chi connectivity index (χ1n) is 12.2. The molecule has 1 aromatic carbocycles. The van der Waals surface area contributed by atoms with Gasteiger partial charge in [-0.1, -0.05) is 28.9 Å². The van der Waals surface area contributed by atoms with Crippen LogP contribution >= 0.6 is 0 Å². The fraction of sp³-hybridized carbons (Fsp3) is 0.538. The van der Waals surface area contributed by atoms with Crippen LogP contribution in [0.2, 0.25) is 0 Å². The van der Waals surface area contributed by atoms with Gasteiger partial charge in [0.2, 0.25) is 15.9 Å². The number of piperidine rings is 2. The number of likely N-dealkylation sites (tertiary alicyclic amines) is 1. The molecule has 0 spiro atoms. The summed E-state index contributed by atoms with van der Waals surface area (Å²) in [6, 6.07) is 4.20. The molecular formula is C26H35N3O4S. The fourth-order valence-corrected chi connectivity index (χ4v) is 7.05. The van der Waals surface area contributed by atoms with Crippen molar-refractivity contribution in [3.63, 3.8) is 0 Å². The molecule has 2 aromatic rings. The number of rotatable bonds is 5. The first-order valence-corrected chi connectivity index (χ1v) is 13.6. The quantitative estimate of drug-likeness (QED) is 0.623. The molecule has 3 heterocycles. The van der Waals surface area contributed by atoms with Gasteiger partial charge < -0.3 is 9.42 Å². The van der Waals surface area contributed by atoms with Gasteiger partial charge in [-0.3, -0.25) is 4.79 Å². The third-order valence-electron chi connectivity index (χ3n) is 6.97. The van der Waals surface area contributed by atoms with Gasteiger partial charge in [0.15, 0.2) is 10.7 Å². The van der Waals surface area contributed by atoms with Crippen LogP contribution in [0.25, 0.3) is 12.2 Å². The normalized spacial score (nSPS) is 20.2. The molecule has 0 unspecified atom stereocenters. The van der Waals surface area contributed by atoms with E-state index < -0.39 is 10.0 Å². The molecule has 7 nitrogen and oxygen atoms in total. The standard InChI is InChI=1S/C26H35N3O4S/c1-18-15-19(2)23(20(3)16-18)10-11-24-25(21(4)27-33-24)34(31,32)29-14-8-9-22(17-29)26(30)28-12-6-5-7-13-28/h10-11,15-16,22H,5-9,12-14,17H2,1-4H3/b11-10+/t22-/m0/s1. The second-order valence-corrected chi connectivity index (χ2v) is 11.6. The molecule has 2 fully saturated rings. The predicted octanol–water partition coefficient (Wildman–Crippen LogP) is 4.49. The molecular weight excluding hydrogens is 450 g/mol. The summed E-state index contributed by atoms with van der Waals surface area (Å²) in [5.41, 5.74) is 4.79. The molecule has 1 amide bonds. The monoisotopic (exact) mass is 485 g/mol. The van der Waals surface area contributed by atoms with Crippen molar-refractivity contribution >= 4 is 28.1 Å². The van der Waals surface area contributed by atoms with Crippen LogP contribution in [0.15, 0.2) is 21.6 Å². The molecule has 0 saturated carbocycles. The van der Waals surface area contributed by atoms with Crippen LogP contribution < -0.4 is 0 Å². The number of aromatic nitrogens is 1. The lowest BCUT2D eigenvalue weighted by molar-refractivity contribution is -0.137. The van der Waals surface area contributed by atoms with Gasteiger partial charge in [-0.25, -0.2) is 8.42 Å². The van der Waals surface area contributed by atoms with E-state index in [0.717, 1.165) is 55.5 Å². The Balaban J connectivity index is 1.58. The van der Waals surface area contributed by atoms with Crippen molar-refractivity contribution in [1.82, 2.24) is 14.4 Å². The van der Waals surface area contributed by atoms with E-state index in [-0.39, 0.29) is 29.0 Å². The SMILES string of the molecule is Cc1cc(C)c(/C=C/c2onc(C)c2S(=O)(=O)N2CCC[C@H](C(=O)N3CCCCC3)C2)c(C)c1. The van der Waals surface area contributed by atoms with E-state index in [9.17, 15) is 13.2 Å². The Kier molecular flexibility index (Phi) is 7.28.